The first-order valence-electron chi connectivity index (χ1n) is 4.24. The molecule has 0 saturated heterocycles. The van der Waals surface area contributed by atoms with Gasteiger partial charge in [-0.25, -0.2) is 4.98 Å². The molecule has 0 aromatic carbocycles. The molecule has 2 aromatic heterocycles. The van der Waals surface area contributed by atoms with E-state index in [-0.39, 0.29) is 0 Å². The van der Waals surface area contributed by atoms with Crippen LogP contribution in [0.15, 0.2) is 18.2 Å². The summed E-state index contributed by atoms with van der Waals surface area (Å²) in [6.07, 6.45) is 0. The SMILES string of the molecule is Cc1cccc(-c2n[nH]c(=S)n2C)n1. The van der Waals surface area contributed by atoms with Crippen molar-refractivity contribution in [3.05, 3.63) is 28.7 Å². The molecule has 0 atom stereocenters. The summed E-state index contributed by atoms with van der Waals surface area (Å²) in [5.74, 6) is 0.763. The number of nitrogens with zero attached hydrogens (tertiary/aromatic N) is 3. The van der Waals surface area contributed by atoms with Crippen LogP contribution in [0.1, 0.15) is 5.69 Å². The molecule has 0 saturated carbocycles. The maximum atomic E-state index is 5.02. The van der Waals surface area contributed by atoms with Crippen LogP contribution >= 0.6 is 12.2 Å². The van der Waals surface area contributed by atoms with Gasteiger partial charge in [-0.05, 0) is 31.3 Å². The Kier molecular flexibility index (Phi) is 2.17. The second-order valence-electron chi connectivity index (χ2n) is 3.08. The van der Waals surface area contributed by atoms with E-state index < -0.39 is 0 Å². The van der Waals surface area contributed by atoms with E-state index in [0.717, 1.165) is 17.2 Å². The average molecular weight is 206 g/mol. The van der Waals surface area contributed by atoms with E-state index in [4.69, 9.17) is 12.2 Å². The van der Waals surface area contributed by atoms with E-state index in [1.54, 1.807) is 4.57 Å². The van der Waals surface area contributed by atoms with E-state index >= 15 is 0 Å². The van der Waals surface area contributed by atoms with Crippen molar-refractivity contribution in [2.45, 2.75) is 6.92 Å². The highest BCUT2D eigenvalue weighted by Gasteiger charge is 2.05. The van der Waals surface area contributed by atoms with Crippen molar-refractivity contribution >= 4 is 12.2 Å². The van der Waals surface area contributed by atoms with Crippen LogP contribution in [0, 0.1) is 11.7 Å². The summed E-state index contributed by atoms with van der Waals surface area (Å²) >= 11 is 5.02. The second-order valence-corrected chi connectivity index (χ2v) is 3.46. The standard InChI is InChI=1S/C9H10N4S/c1-6-4-3-5-7(10-6)8-11-12-9(14)13(8)2/h3-5H,1-2H3,(H,12,14). The molecule has 1 N–H and O–H groups in total. The summed E-state index contributed by atoms with van der Waals surface area (Å²) in [7, 11) is 1.87. The highest BCUT2D eigenvalue weighted by atomic mass is 32.1. The van der Waals surface area contributed by atoms with Gasteiger partial charge in [0.25, 0.3) is 0 Å². The average Bonchev–Trinajstić information content (AvgIpc) is 2.48. The second kappa shape index (κ2) is 3.34. The Morgan fingerprint density at radius 1 is 1.43 bits per heavy atom. The quantitative estimate of drug-likeness (QED) is 0.724. The van der Waals surface area contributed by atoms with Gasteiger partial charge in [0.1, 0.15) is 5.69 Å². The molecule has 0 aliphatic carbocycles. The predicted molar refractivity (Wildman–Crippen MR) is 56.4 cm³/mol. The molecular weight excluding hydrogens is 196 g/mol. The fraction of sp³-hybridized carbons (Fsp3) is 0.222. The van der Waals surface area contributed by atoms with Crippen LogP contribution in [0.5, 0.6) is 0 Å². The van der Waals surface area contributed by atoms with E-state index in [9.17, 15) is 0 Å². The van der Waals surface area contributed by atoms with Gasteiger partial charge >= 0.3 is 0 Å². The number of aryl methyl sites for hydroxylation is 1. The Bertz CT molecular complexity index is 512. The van der Waals surface area contributed by atoms with Crippen molar-refractivity contribution in [1.29, 1.82) is 0 Å². The molecule has 72 valence electrons. The van der Waals surface area contributed by atoms with Gasteiger partial charge in [-0.2, -0.15) is 5.10 Å². The van der Waals surface area contributed by atoms with Crippen LogP contribution in [0.2, 0.25) is 0 Å². The van der Waals surface area contributed by atoms with Crippen LogP contribution in [0.3, 0.4) is 0 Å². The van der Waals surface area contributed by atoms with Gasteiger partial charge in [0.2, 0.25) is 0 Å². The lowest BCUT2D eigenvalue weighted by molar-refractivity contribution is 0.896. The number of hydrogen-bond donors (Lipinski definition) is 1. The minimum atomic E-state index is 0.600. The number of aromatic amines is 1. The molecule has 2 rings (SSSR count). The molecule has 0 aliphatic rings. The monoisotopic (exact) mass is 206 g/mol. The Balaban J connectivity index is 2.60. The maximum absolute atomic E-state index is 5.02. The van der Waals surface area contributed by atoms with Crippen molar-refractivity contribution in [1.82, 2.24) is 19.7 Å². The lowest BCUT2D eigenvalue weighted by atomic mass is 10.3. The van der Waals surface area contributed by atoms with Crippen LogP contribution in [0.25, 0.3) is 11.5 Å². The number of H-pyrrole nitrogens is 1. The van der Waals surface area contributed by atoms with Gasteiger partial charge in [0.15, 0.2) is 10.6 Å². The van der Waals surface area contributed by atoms with Gasteiger partial charge in [-0.15, -0.1) is 0 Å². The summed E-state index contributed by atoms with van der Waals surface area (Å²) in [5.41, 5.74) is 1.80. The van der Waals surface area contributed by atoms with Gasteiger partial charge in [0.05, 0.1) is 0 Å². The van der Waals surface area contributed by atoms with Crippen molar-refractivity contribution in [3.8, 4) is 11.5 Å². The zero-order valence-corrected chi connectivity index (χ0v) is 8.80. The van der Waals surface area contributed by atoms with Gasteiger partial charge in [0, 0.05) is 12.7 Å². The van der Waals surface area contributed by atoms with Gasteiger partial charge in [-0.3, -0.25) is 5.10 Å². The molecule has 0 aliphatic heterocycles. The third kappa shape index (κ3) is 1.46. The highest BCUT2D eigenvalue weighted by Crippen LogP contribution is 2.13. The maximum Gasteiger partial charge on any atom is 0.195 e. The predicted octanol–water partition coefficient (Wildman–Crippen LogP) is 1.85. The Morgan fingerprint density at radius 3 is 2.79 bits per heavy atom. The summed E-state index contributed by atoms with van der Waals surface area (Å²) in [4.78, 5) is 4.37. The van der Waals surface area contributed by atoms with Gasteiger partial charge < -0.3 is 4.57 Å². The zero-order valence-electron chi connectivity index (χ0n) is 7.98. The number of aromatic nitrogens is 4. The van der Waals surface area contributed by atoms with E-state index in [2.05, 4.69) is 15.2 Å². The van der Waals surface area contributed by atoms with E-state index in [1.807, 2.05) is 32.2 Å². The number of pyridine rings is 1. The molecule has 5 heteroatoms. The smallest absolute Gasteiger partial charge is 0.195 e. The first-order chi connectivity index (χ1) is 6.68. The summed E-state index contributed by atoms with van der Waals surface area (Å²) in [6, 6.07) is 5.82. The fourth-order valence-corrected chi connectivity index (χ4v) is 1.38. The molecule has 14 heavy (non-hydrogen) atoms. The third-order valence-corrected chi connectivity index (χ3v) is 2.36. The van der Waals surface area contributed by atoms with Crippen molar-refractivity contribution < 1.29 is 0 Å². The number of nitrogens with one attached hydrogen (secondary N) is 1. The summed E-state index contributed by atoms with van der Waals surface area (Å²) in [6.45, 7) is 1.95. The minimum absolute atomic E-state index is 0.600. The van der Waals surface area contributed by atoms with Crippen LogP contribution in [-0.2, 0) is 7.05 Å². The summed E-state index contributed by atoms with van der Waals surface area (Å²) < 4.78 is 2.40. The molecule has 0 amide bonds. The molecule has 4 nitrogen and oxygen atoms in total. The molecule has 0 radical (unpaired) electrons. The molecule has 0 spiro atoms. The Labute approximate surface area is 86.6 Å². The third-order valence-electron chi connectivity index (χ3n) is 2.00. The molecular formula is C9H10N4S. The molecule has 2 aromatic rings. The van der Waals surface area contributed by atoms with Crippen molar-refractivity contribution in [2.75, 3.05) is 0 Å². The molecule has 0 fully saturated rings. The van der Waals surface area contributed by atoms with Crippen molar-refractivity contribution in [3.63, 3.8) is 0 Å². The number of hydrogen-bond acceptors (Lipinski definition) is 3. The normalized spacial score (nSPS) is 10.4. The Hall–Kier alpha value is -1.49. The van der Waals surface area contributed by atoms with Gasteiger partial charge in [-0.1, -0.05) is 6.07 Å². The van der Waals surface area contributed by atoms with Crippen LogP contribution in [-0.4, -0.2) is 19.7 Å². The fourth-order valence-electron chi connectivity index (χ4n) is 1.24. The van der Waals surface area contributed by atoms with Crippen molar-refractivity contribution in [2.24, 2.45) is 7.05 Å². The Morgan fingerprint density at radius 2 is 2.21 bits per heavy atom. The zero-order chi connectivity index (χ0) is 10.1. The topological polar surface area (TPSA) is 46.5 Å². The van der Waals surface area contributed by atoms with Crippen LogP contribution < -0.4 is 0 Å². The highest BCUT2D eigenvalue weighted by molar-refractivity contribution is 7.71. The van der Waals surface area contributed by atoms with Crippen LogP contribution in [0.4, 0.5) is 0 Å². The molecule has 0 unspecified atom stereocenters. The molecule has 2 heterocycles. The van der Waals surface area contributed by atoms with E-state index in [1.165, 1.54) is 0 Å². The number of rotatable bonds is 1. The van der Waals surface area contributed by atoms with E-state index in [0.29, 0.717) is 4.77 Å². The summed E-state index contributed by atoms with van der Waals surface area (Å²) in [5, 5.41) is 6.84. The lowest BCUT2D eigenvalue weighted by Crippen LogP contribution is -1.95. The first-order valence-corrected chi connectivity index (χ1v) is 4.65. The molecule has 0 bridgehead atoms. The minimum Gasteiger partial charge on any atom is -0.302 e. The lowest BCUT2D eigenvalue weighted by Gasteiger charge is -1.99. The first kappa shape index (κ1) is 9.08. The largest absolute Gasteiger partial charge is 0.302 e.